The van der Waals surface area contributed by atoms with Gasteiger partial charge in [0.05, 0.1) is 0 Å². The molecule has 2 atom stereocenters. The molecular weight excluding hydrogens is 372 g/mol. The van der Waals surface area contributed by atoms with E-state index in [2.05, 4.69) is 5.32 Å². The molecule has 1 fully saturated rings. The van der Waals surface area contributed by atoms with Gasteiger partial charge in [0, 0.05) is 44.0 Å². The molecule has 0 spiro atoms. The number of rotatable bonds is 6. The highest BCUT2D eigenvalue weighted by Gasteiger charge is 2.44. The van der Waals surface area contributed by atoms with Gasteiger partial charge < -0.3 is 20.1 Å². The smallest absolute Gasteiger partial charge is 0.410 e. The molecule has 0 bridgehead atoms. The highest BCUT2D eigenvalue weighted by molar-refractivity contribution is 5.96. The predicted octanol–water partition coefficient (Wildman–Crippen LogP) is 2.92. The first kappa shape index (κ1) is 22.9. The van der Waals surface area contributed by atoms with Crippen LogP contribution in [0.4, 0.5) is 4.79 Å². The number of ketones is 1. The topological polar surface area (TPSA) is 95.9 Å². The number of nitrogens with one attached hydrogen (secondary N) is 1. The van der Waals surface area contributed by atoms with Crippen molar-refractivity contribution in [3.05, 3.63) is 35.9 Å². The molecule has 1 aliphatic heterocycles. The van der Waals surface area contributed by atoms with E-state index in [0.717, 1.165) is 0 Å². The Kier molecular flexibility index (Phi) is 7.41. The number of Topliss-reactive ketones (excluding diaryl/α,β-unsaturated/α-hetero) is 1. The van der Waals surface area contributed by atoms with Crippen LogP contribution in [0.3, 0.4) is 0 Å². The molecule has 7 heteroatoms. The zero-order valence-electron chi connectivity index (χ0n) is 17.7. The molecule has 1 aromatic carbocycles. The largest absolute Gasteiger partial charge is 0.444 e. The summed E-state index contributed by atoms with van der Waals surface area (Å²) >= 11 is 0. The van der Waals surface area contributed by atoms with Gasteiger partial charge in [-0.3, -0.25) is 9.59 Å². The van der Waals surface area contributed by atoms with Gasteiger partial charge in [0.15, 0.2) is 5.78 Å². The van der Waals surface area contributed by atoms with Crippen molar-refractivity contribution in [2.75, 3.05) is 13.1 Å². The SMILES string of the molecule is C[C@H]1C[C@](O)(C(=O)NCCCC(=O)c2ccccc2)CCN1C(=O)OC(C)(C)C. The lowest BCUT2D eigenvalue weighted by Crippen LogP contribution is -2.58. The number of carbonyl (C=O) groups is 3. The van der Waals surface area contributed by atoms with Crippen molar-refractivity contribution < 1.29 is 24.2 Å². The number of likely N-dealkylation sites (tertiary alicyclic amines) is 1. The van der Waals surface area contributed by atoms with Gasteiger partial charge in [0.2, 0.25) is 0 Å². The number of hydrogen-bond acceptors (Lipinski definition) is 5. The van der Waals surface area contributed by atoms with Crippen LogP contribution in [0.25, 0.3) is 0 Å². The van der Waals surface area contributed by atoms with E-state index in [0.29, 0.717) is 24.9 Å². The van der Waals surface area contributed by atoms with Gasteiger partial charge >= 0.3 is 6.09 Å². The molecule has 2 rings (SSSR count). The van der Waals surface area contributed by atoms with Crippen LogP contribution < -0.4 is 5.32 Å². The van der Waals surface area contributed by atoms with Crippen LogP contribution in [-0.2, 0) is 9.53 Å². The normalized spacial score (nSPS) is 22.1. The molecule has 2 amide bonds. The van der Waals surface area contributed by atoms with E-state index < -0.39 is 23.2 Å². The maximum atomic E-state index is 12.5. The fraction of sp³-hybridized carbons (Fsp3) is 0.591. The second kappa shape index (κ2) is 9.39. The minimum Gasteiger partial charge on any atom is -0.444 e. The first-order valence-electron chi connectivity index (χ1n) is 10.1. The summed E-state index contributed by atoms with van der Waals surface area (Å²) in [6.45, 7) is 7.74. The second-order valence-corrected chi connectivity index (χ2v) is 8.66. The first-order valence-corrected chi connectivity index (χ1v) is 10.1. The molecule has 0 aromatic heterocycles. The van der Waals surface area contributed by atoms with Gasteiger partial charge in [-0.1, -0.05) is 30.3 Å². The van der Waals surface area contributed by atoms with Crippen molar-refractivity contribution in [2.24, 2.45) is 0 Å². The number of carbonyl (C=O) groups excluding carboxylic acids is 3. The number of ether oxygens (including phenoxy) is 1. The number of benzene rings is 1. The van der Waals surface area contributed by atoms with E-state index in [1.165, 1.54) is 0 Å². The van der Waals surface area contributed by atoms with Crippen LogP contribution >= 0.6 is 0 Å². The fourth-order valence-electron chi connectivity index (χ4n) is 3.41. The third-order valence-corrected chi connectivity index (χ3v) is 4.94. The summed E-state index contributed by atoms with van der Waals surface area (Å²) < 4.78 is 5.39. The van der Waals surface area contributed by atoms with E-state index >= 15 is 0 Å². The molecule has 7 nitrogen and oxygen atoms in total. The molecule has 2 N–H and O–H groups in total. The number of hydrogen-bond donors (Lipinski definition) is 2. The summed E-state index contributed by atoms with van der Waals surface area (Å²) in [4.78, 5) is 38.4. The van der Waals surface area contributed by atoms with Gasteiger partial charge in [-0.2, -0.15) is 0 Å². The number of aliphatic hydroxyl groups is 1. The molecule has 0 unspecified atom stereocenters. The Balaban J connectivity index is 1.79. The van der Waals surface area contributed by atoms with Crippen molar-refractivity contribution in [1.29, 1.82) is 0 Å². The summed E-state index contributed by atoms with van der Waals surface area (Å²) in [5.41, 5.74) is -1.47. The van der Waals surface area contributed by atoms with Crippen molar-refractivity contribution in [3.63, 3.8) is 0 Å². The minimum atomic E-state index is -1.53. The Morgan fingerprint density at radius 2 is 1.90 bits per heavy atom. The van der Waals surface area contributed by atoms with E-state index in [1.807, 2.05) is 18.2 Å². The molecule has 1 saturated heterocycles. The van der Waals surface area contributed by atoms with Crippen LogP contribution in [0, 0.1) is 0 Å². The van der Waals surface area contributed by atoms with E-state index in [4.69, 9.17) is 4.74 Å². The van der Waals surface area contributed by atoms with Crippen molar-refractivity contribution in [1.82, 2.24) is 10.2 Å². The van der Waals surface area contributed by atoms with E-state index in [-0.39, 0.29) is 31.2 Å². The minimum absolute atomic E-state index is 0.0258. The second-order valence-electron chi connectivity index (χ2n) is 8.66. The quantitative estimate of drug-likeness (QED) is 0.561. The summed E-state index contributed by atoms with van der Waals surface area (Å²) in [5, 5.41) is 13.5. The first-order chi connectivity index (χ1) is 13.5. The van der Waals surface area contributed by atoms with Crippen LogP contribution in [0.1, 0.15) is 63.7 Å². The Hall–Kier alpha value is -2.41. The summed E-state index contributed by atoms with van der Waals surface area (Å²) in [7, 11) is 0. The third kappa shape index (κ3) is 6.56. The van der Waals surface area contributed by atoms with Gasteiger partial charge in [-0.15, -0.1) is 0 Å². The lowest BCUT2D eigenvalue weighted by atomic mass is 9.86. The summed E-state index contributed by atoms with van der Waals surface area (Å²) in [5.74, 6) is -0.432. The number of amides is 2. The zero-order chi connectivity index (χ0) is 21.7. The van der Waals surface area contributed by atoms with Gasteiger partial charge in [-0.05, 0) is 34.1 Å². The average molecular weight is 405 g/mol. The lowest BCUT2D eigenvalue weighted by Gasteiger charge is -2.41. The standard InChI is InChI=1S/C22H32N2O5/c1-16-15-22(28,12-14-24(16)20(27)29-21(2,3)4)19(26)23-13-8-11-18(25)17-9-6-5-7-10-17/h5-7,9-10,16,28H,8,11-15H2,1-4H3,(H,23,26)/t16-,22-/m0/s1. The number of nitrogens with zero attached hydrogens (tertiary/aromatic N) is 1. The Morgan fingerprint density at radius 1 is 1.24 bits per heavy atom. The van der Waals surface area contributed by atoms with Crippen molar-refractivity contribution in [2.45, 2.75) is 70.6 Å². The monoisotopic (exact) mass is 404 g/mol. The third-order valence-electron chi connectivity index (χ3n) is 4.94. The van der Waals surface area contributed by atoms with Crippen LogP contribution in [0.15, 0.2) is 30.3 Å². The van der Waals surface area contributed by atoms with E-state index in [1.54, 1.807) is 44.7 Å². The van der Waals surface area contributed by atoms with Gasteiger partial charge in [0.1, 0.15) is 11.2 Å². The van der Waals surface area contributed by atoms with E-state index in [9.17, 15) is 19.5 Å². The zero-order valence-corrected chi connectivity index (χ0v) is 17.7. The highest BCUT2D eigenvalue weighted by atomic mass is 16.6. The Labute approximate surface area is 172 Å². The molecule has 0 saturated carbocycles. The molecule has 1 aliphatic rings. The van der Waals surface area contributed by atoms with Crippen LogP contribution in [-0.4, -0.2) is 58.1 Å². The Bertz CT molecular complexity index is 728. The van der Waals surface area contributed by atoms with Gasteiger partial charge in [0.25, 0.3) is 5.91 Å². The molecule has 0 aliphatic carbocycles. The summed E-state index contributed by atoms with van der Waals surface area (Å²) in [6, 6.07) is 8.69. The number of piperidine rings is 1. The van der Waals surface area contributed by atoms with Crippen molar-refractivity contribution in [3.8, 4) is 0 Å². The van der Waals surface area contributed by atoms with Gasteiger partial charge in [-0.25, -0.2) is 4.79 Å². The predicted molar refractivity (Wildman–Crippen MR) is 110 cm³/mol. The Morgan fingerprint density at radius 3 is 2.48 bits per heavy atom. The molecule has 160 valence electrons. The summed E-state index contributed by atoms with van der Waals surface area (Å²) in [6.07, 6.45) is 0.666. The molecular formula is C22H32N2O5. The lowest BCUT2D eigenvalue weighted by molar-refractivity contribution is -0.146. The van der Waals surface area contributed by atoms with Crippen LogP contribution in [0.5, 0.6) is 0 Å². The van der Waals surface area contributed by atoms with Crippen molar-refractivity contribution >= 4 is 17.8 Å². The van der Waals surface area contributed by atoms with Crippen LogP contribution in [0.2, 0.25) is 0 Å². The molecule has 1 aromatic rings. The molecule has 1 heterocycles. The average Bonchev–Trinajstić information content (AvgIpc) is 2.64. The highest BCUT2D eigenvalue weighted by Crippen LogP contribution is 2.28. The maximum Gasteiger partial charge on any atom is 0.410 e. The maximum absolute atomic E-state index is 12.5. The fourth-order valence-corrected chi connectivity index (χ4v) is 3.41. The molecule has 0 radical (unpaired) electrons. The molecule has 29 heavy (non-hydrogen) atoms.